The molecule has 49 heavy (non-hydrogen) atoms. The number of hydrogen-bond donors (Lipinski definition) is 0. The predicted octanol–water partition coefficient (Wildman–Crippen LogP) is 10.5. The monoisotopic (exact) mass is 633 g/mol. The molecule has 0 amide bonds. The lowest BCUT2D eigenvalue weighted by atomic mass is 9.99. The SMILES string of the molecule is Fc1ccc(-c2cc(-c3cccc(-c4cccc(-c5nc(-c6ccccc6)nc(-c6ccccc6)n5)c4)c3)nc(-c3ccccc3)n2)cc1. The molecule has 0 spiro atoms. The molecule has 8 rings (SSSR count). The Labute approximate surface area is 283 Å². The Morgan fingerprint density at radius 1 is 0.265 bits per heavy atom. The quantitative estimate of drug-likeness (QED) is 0.175. The van der Waals surface area contributed by atoms with Gasteiger partial charge in [0.1, 0.15) is 5.82 Å². The van der Waals surface area contributed by atoms with Crippen molar-refractivity contribution < 1.29 is 4.39 Å². The standard InChI is InChI=1S/C43H28FN5/c44-37-24-22-29(23-25-37)38-28-39(46-40(45-38)30-12-4-1-5-13-30)35-20-10-18-33(26-35)34-19-11-21-36(27-34)43-48-41(31-14-6-2-7-15-31)47-42(49-43)32-16-8-3-9-17-32/h1-28H. The Balaban J connectivity index is 1.20. The Bertz CT molecular complexity index is 2320. The molecule has 5 nitrogen and oxygen atoms in total. The van der Waals surface area contributed by atoms with Gasteiger partial charge in [0.25, 0.3) is 0 Å². The number of aromatic nitrogens is 5. The van der Waals surface area contributed by atoms with Gasteiger partial charge < -0.3 is 0 Å². The van der Waals surface area contributed by atoms with E-state index in [1.54, 1.807) is 12.1 Å². The first-order valence-corrected chi connectivity index (χ1v) is 15.9. The maximum Gasteiger partial charge on any atom is 0.164 e. The summed E-state index contributed by atoms with van der Waals surface area (Å²) in [5.74, 6) is 2.14. The van der Waals surface area contributed by atoms with Crippen molar-refractivity contribution in [2.24, 2.45) is 0 Å². The van der Waals surface area contributed by atoms with Crippen LogP contribution in [-0.2, 0) is 0 Å². The molecule has 0 saturated carbocycles. The van der Waals surface area contributed by atoms with Gasteiger partial charge in [-0.3, -0.25) is 0 Å². The lowest BCUT2D eigenvalue weighted by Gasteiger charge is -2.11. The first-order valence-electron chi connectivity index (χ1n) is 15.9. The summed E-state index contributed by atoms with van der Waals surface area (Å²) >= 11 is 0. The molecule has 0 aliphatic heterocycles. The van der Waals surface area contributed by atoms with E-state index in [9.17, 15) is 4.39 Å². The van der Waals surface area contributed by atoms with E-state index in [-0.39, 0.29) is 5.82 Å². The number of hydrogen-bond acceptors (Lipinski definition) is 5. The summed E-state index contributed by atoms with van der Waals surface area (Å²) in [6.45, 7) is 0. The predicted molar refractivity (Wildman–Crippen MR) is 193 cm³/mol. The molecule has 0 fully saturated rings. The third-order valence-electron chi connectivity index (χ3n) is 8.21. The van der Waals surface area contributed by atoms with Gasteiger partial charge in [0.15, 0.2) is 23.3 Å². The molecule has 0 bridgehead atoms. The van der Waals surface area contributed by atoms with E-state index in [1.807, 2.05) is 121 Å². The van der Waals surface area contributed by atoms with Crippen LogP contribution in [0.3, 0.4) is 0 Å². The van der Waals surface area contributed by atoms with Gasteiger partial charge >= 0.3 is 0 Å². The summed E-state index contributed by atoms with van der Waals surface area (Å²) in [7, 11) is 0. The van der Waals surface area contributed by atoms with Crippen LogP contribution >= 0.6 is 0 Å². The Morgan fingerprint density at radius 3 is 1.14 bits per heavy atom. The van der Waals surface area contributed by atoms with E-state index in [0.29, 0.717) is 23.3 Å². The van der Waals surface area contributed by atoms with Crippen LogP contribution in [0.1, 0.15) is 0 Å². The molecule has 0 unspecified atom stereocenters. The summed E-state index contributed by atoms with van der Waals surface area (Å²) in [6, 6.07) is 54.7. The minimum Gasteiger partial charge on any atom is -0.228 e. The first kappa shape index (κ1) is 29.7. The van der Waals surface area contributed by atoms with Crippen molar-refractivity contribution in [2.75, 3.05) is 0 Å². The van der Waals surface area contributed by atoms with E-state index in [2.05, 4.69) is 24.3 Å². The van der Waals surface area contributed by atoms with Gasteiger partial charge in [-0.2, -0.15) is 0 Å². The van der Waals surface area contributed by atoms with Crippen LogP contribution in [0, 0.1) is 5.82 Å². The summed E-state index contributed by atoms with van der Waals surface area (Å²) in [5.41, 5.74) is 8.89. The molecule has 2 aromatic heterocycles. The van der Waals surface area contributed by atoms with Gasteiger partial charge in [-0.25, -0.2) is 29.3 Å². The second-order valence-corrected chi connectivity index (χ2v) is 11.5. The first-order chi connectivity index (χ1) is 24.2. The van der Waals surface area contributed by atoms with Gasteiger partial charge in [-0.15, -0.1) is 0 Å². The van der Waals surface area contributed by atoms with Gasteiger partial charge in [0.2, 0.25) is 0 Å². The van der Waals surface area contributed by atoms with Crippen LogP contribution in [-0.4, -0.2) is 24.9 Å². The average Bonchev–Trinajstić information content (AvgIpc) is 3.19. The summed E-state index contributed by atoms with van der Waals surface area (Å²) in [5, 5.41) is 0. The van der Waals surface area contributed by atoms with E-state index >= 15 is 0 Å². The van der Waals surface area contributed by atoms with Gasteiger partial charge in [-0.05, 0) is 53.6 Å². The van der Waals surface area contributed by atoms with Crippen molar-refractivity contribution in [2.45, 2.75) is 0 Å². The highest BCUT2D eigenvalue weighted by atomic mass is 19.1. The van der Waals surface area contributed by atoms with Crippen LogP contribution in [0.15, 0.2) is 170 Å². The number of halogens is 1. The fraction of sp³-hybridized carbons (Fsp3) is 0. The molecular weight excluding hydrogens is 606 g/mol. The lowest BCUT2D eigenvalue weighted by Crippen LogP contribution is -2.00. The van der Waals surface area contributed by atoms with Crippen molar-refractivity contribution in [3.63, 3.8) is 0 Å². The fourth-order valence-electron chi connectivity index (χ4n) is 5.71. The zero-order valence-electron chi connectivity index (χ0n) is 26.3. The smallest absolute Gasteiger partial charge is 0.164 e. The van der Waals surface area contributed by atoms with Crippen LogP contribution in [0.5, 0.6) is 0 Å². The van der Waals surface area contributed by atoms with Crippen molar-refractivity contribution in [3.05, 3.63) is 176 Å². The zero-order chi connectivity index (χ0) is 33.0. The normalized spacial score (nSPS) is 11.0. The number of benzene rings is 6. The molecule has 2 heterocycles. The molecule has 6 heteroatoms. The maximum atomic E-state index is 13.8. The highest BCUT2D eigenvalue weighted by Gasteiger charge is 2.14. The highest BCUT2D eigenvalue weighted by molar-refractivity contribution is 5.78. The van der Waals surface area contributed by atoms with Crippen LogP contribution in [0.2, 0.25) is 0 Å². The van der Waals surface area contributed by atoms with Crippen LogP contribution < -0.4 is 0 Å². The Kier molecular flexibility index (Phi) is 8.02. The lowest BCUT2D eigenvalue weighted by molar-refractivity contribution is 0.628. The third-order valence-corrected chi connectivity index (χ3v) is 8.21. The van der Waals surface area contributed by atoms with Crippen molar-refractivity contribution in [1.82, 2.24) is 24.9 Å². The second-order valence-electron chi connectivity index (χ2n) is 11.5. The molecule has 0 atom stereocenters. The average molecular weight is 634 g/mol. The minimum absolute atomic E-state index is 0.291. The van der Waals surface area contributed by atoms with E-state index in [0.717, 1.165) is 55.9 Å². The topological polar surface area (TPSA) is 64.5 Å². The van der Waals surface area contributed by atoms with Crippen molar-refractivity contribution >= 4 is 0 Å². The van der Waals surface area contributed by atoms with E-state index in [4.69, 9.17) is 24.9 Å². The molecule has 0 aliphatic carbocycles. The largest absolute Gasteiger partial charge is 0.228 e. The molecule has 0 saturated heterocycles. The Hall–Kier alpha value is -6.66. The summed E-state index contributed by atoms with van der Waals surface area (Å²) in [6.07, 6.45) is 0. The fourth-order valence-corrected chi connectivity index (χ4v) is 5.71. The molecule has 6 aromatic carbocycles. The van der Waals surface area contributed by atoms with Crippen LogP contribution in [0.25, 0.3) is 79.2 Å². The van der Waals surface area contributed by atoms with Crippen molar-refractivity contribution in [3.8, 4) is 79.2 Å². The Morgan fingerprint density at radius 2 is 0.633 bits per heavy atom. The molecule has 0 aliphatic rings. The van der Waals surface area contributed by atoms with Gasteiger partial charge in [0.05, 0.1) is 11.4 Å². The van der Waals surface area contributed by atoms with E-state index in [1.165, 1.54) is 12.1 Å². The molecule has 8 aromatic rings. The second kappa shape index (κ2) is 13.2. The molecular formula is C43H28FN5. The maximum absolute atomic E-state index is 13.8. The summed E-state index contributed by atoms with van der Waals surface area (Å²) < 4.78 is 13.8. The minimum atomic E-state index is -0.291. The third kappa shape index (κ3) is 6.48. The van der Waals surface area contributed by atoms with Crippen LogP contribution in [0.4, 0.5) is 4.39 Å². The highest BCUT2D eigenvalue weighted by Crippen LogP contribution is 2.32. The molecule has 232 valence electrons. The molecule has 0 radical (unpaired) electrons. The number of rotatable bonds is 7. The zero-order valence-corrected chi connectivity index (χ0v) is 26.3. The van der Waals surface area contributed by atoms with Crippen molar-refractivity contribution in [1.29, 1.82) is 0 Å². The molecule has 0 N–H and O–H groups in total. The number of nitrogens with zero attached hydrogens (tertiary/aromatic N) is 5. The van der Waals surface area contributed by atoms with Gasteiger partial charge in [0, 0.05) is 33.4 Å². The summed E-state index contributed by atoms with van der Waals surface area (Å²) in [4.78, 5) is 24.5. The van der Waals surface area contributed by atoms with E-state index < -0.39 is 0 Å². The van der Waals surface area contributed by atoms with Gasteiger partial charge in [-0.1, -0.05) is 127 Å².